The van der Waals surface area contributed by atoms with Gasteiger partial charge >= 0.3 is 5.91 Å². The van der Waals surface area contributed by atoms with Gasteiger partial charge < -0.3 is 8.98 Å². The average Bonchev–Trinajstić information content (AvgIpc) is 2.81. The lowest BCUT2D eigenvalue weighted by molar-refractivity contribution is 0.0924. The number of amides is 1. The zero-order valence-electron chi connectivity index (χ0n) is 9.84. The van der Waals surface area contributed by atoms with E-state index in [0.29, 0.717) is 5.56 Å². The van der Waals surface area contributed by atoms with Crippen LogP contribution in [0.3, 0.4) is 0 Å². The van der Waals surface area contributed by atoms with E-state index in [9.17, 15) is 9.59 Å². The number of hydrazine groups is 1. The highest BCUT2D eigenvalue weighted by molar-refractivity contribution is 5.92. The van der Waals surface area contributed by atoms with Gasteiger partial charge in [-0.1, -0.05) is 6.07 Å². The molecule has 2 heterocycles. The van der Waals surface area contributed by atoms with Crippen LogP contribution in [0.2, 0.25) is 0 Å². The molecule has 6 nitrogen and oxygen atoms in total. The summed E-state index contributed by atoms with van der Waals surface area (Å²) in [5.74, 6) is 4.66. The lowest BCUT2D eigenvalue weighted by Gasteiger charge is -2.08. The van der Waals surface area contributed by atoms with Crippen molar-refractivity contribution < 1.29 is 9.21 Å². The minimum atomic E-state index is -0.517. The summed E-state index contributed by atoms with van der Waals surface area (Å²) in [7, 11) is 0. The molecule has 18 heavy (non-hydrogen) atoms. The van der Waals surface area contributed by atoms with Crippen molar-refractivity contribution in [3.05, 3.63) is 57.9 Å². The molecular formula is C12H13N3O3. The SMILES string of the molecule is Cc1cccc(=O)n1Cc1ccoc1C(=O)NN. The Morgan fingerprint density at radius 2 is 2.22 bits per heavy atom. The van der Waals surface area contributed by atoms with Crippen LogP contribution in [0.4, 0.5) is 0 Å². The molecule has 0 saturated carbocycles. The number of nitrogens with zero attached hydrogens (tertiary/aromatic N) is 1. The van der Waals surface area contributed by atoms with Crippen molar-refractivity contribution in [1.82, 2.24) is 9.99 Å². The maximum Gasteiger partial charge on any atom is 0.301 e. The van der Waals surface area contributed by atoms with E-state index in [2.05, 4.69) is 0 Å². The van der Waals surface area contributed by atoms with Gasteiger partial charge in [-0.2, -0.15) is 0 Å². The smallest absolute Gasteiger partial charge is 0.301 e. The van der Waals surface area contributed by atoms with Crippen LogP contribution in [-0.4, -0.2) is 10.5 Å². The number of carbonyl (C=O) groups excluding carboxylic acids is 1. The second-order valence-corrected chi connectivity index (χ2v) is 3.84. The Labute approximate surface area is 103 Å². The first kappa shape index (κ1) is 12.1. The molecule has 0 aromatic carbocycles. The second-order valence-electron chi connectivity index (χ2n) is 3.84. The van der Waals surface area contributed by atoms with Crippen LogP contribution >= 0.6 is 0 Å². The summed E-state index contributed by atoms with van der Waals surface area (Å²) < 4.78 is 6.62. The molecule has 1 amide bonds. The molecule has 2 aromatic heterocycles. The van der Waals surface area contributed by atoms with E-state index >= 15 is 0 Å². The summed E-state index contributed by atoms with van der Waals surface area (Å²) in [6.45, 7) is 2.09. The Balaban J connectivity index is 2.38. The number of rotatable bonds is 3. The molecule has 2 aromatic rings. The summed E-state index contributed by atoms with van der Waals surface area (Å²) in [6, 6.07) is 6.63. The number of aryl methyl sites for hydroxylation is 1. The summed E-state index contributed by atoms with van der Waals surface area (Å²) in [4.78, 5) is 23.2. The van der Waals surface area contributed by atoms with Crippen molar-refractivity contribution in [2.45, 2.75) is 13.5 Å². The molecule has 0 spiro atoms. The first-order chi connectivity index (χ1) is 8.63. The van der Waals surface area contributed by atoms with Crippen molar-refractivity contribution in [3.8, 4) is 0 Å². The van der Waals surface area contributed by atoms with Crippen LogP contribution in [0.1, 0.15) is 21.8 Å². The molecular weight excluding hydrogens is 234 g/mol. The van der Waals surface area contributed by atoms with Crippen LogP contribution in [-0.2, 0) is 6.54 Å². The molecule has 0 unspecified atom stereocenters. The summed E-state index contributed by atoms with van der Waals surface area (Å²) >= 11 is 0. The molecule has 94 valence electrons. The third-order valence-electron chi connectivity index (χ3n) is 2.68. The Hall–Kier alpha value is -2.34. The zero-order chi connectivity index (χ0) is 13.1. The van der Waals surface area contributed by atoms with E-state index in [1.165, 1.54) is 12.3 Å². The summed E-state index contributed by atoms with van der Waals surface area (Å²) in [6.07, 6.45) is 1.39. The number of aromatic nitrogens is 1. The zero-order valence-corrected chi connectivity index (χ0v) is 9.84. The maximum atomic E-state index is 11.7. The fourth-order valence-electron chi connectivity index (χ4n) is 1.72. The molecule has 0 saturated heterocycles. The van der Waals surface area contributed by atoms with E-state index in [4.69, 9.17) is 10.3 Å². The van der Waals surface area contributed by atoms with Crippen LogP contribution in [0.25, 0.3) is 0 Å². The molecule has 2 rings (SSSR count). The van der Waals surface area contributed by atoms with E-state index in [1.54, 1.807) is 16.7 Å². The quantitative estimate of drug-likeness (QED) is 0.466. The van der Waals surface area contributed by atoms with Crippen molar-refractivity contribution in [2.24, 2.45) is 5.84 Å². The lowest BCUT2D eigenvalue weighted by Crippen LogP contribution is -2.31. The van der Waals surface area contributed by atoms with Gasteiger partial charge in [0.15, 0.2) is 5.76 Å². The van der Waals surface area contributed by atoms with Crippen LogP contribution in [0.15, 0.2) is 39.7 Å². The molecule has 3 N–H and O–H groups in total. The van der Waals surface area contributed by atoms with Crippen molar-refractivity contribution in [1.29, 1.82) is 0 Å². The third kappa shape index (κ3) is 2.18. The fourth-order valence-corrected chi connectivity index (χ4v) is 1.72. The fraction of sp³-hybridized carbons (Fsp3) is 0.167. The van der Waals surface area contributed by atoms with Crippen LogP contribution in [0.5, 0.6) is 0 Å². The van der Waals surface area contributed by atoms with Crippen molar-refractivity contribution >= 4 is 5.91 Å². The van der Waals surface area contributed by atoms with Crippen LogP contribution in [0, 0.1) is 6.92 Å². The highest BCUT2D eigenvalue weighted by atomic mass is 16.3. The highest BCUT2D eigenvalue weighted by Gasteiger charge is 2.15. The minimum Gasteiger partial charge on any atom is -0.459 e. The Kier molecular flexibility index (Phi) is 3.29. The number of pyridine rings is 1. The number of hydrogen-bond donors (Lipinski definition) is 2. The Morgan fingerprint density at radius 1 is 1.44 bits per heavy atom. The van der Waals surface area contributed by atoms with Crippen molar-refractivity contribution in [3.63, 3.8) is 0 Å². The number of furan rings is 1. The first-order valence-electron chi connectivity index (χ1n) is 5.37. The van der Waals surface area contributed by atoms with Gasteiger partial charge in [0, 0.05) is 17.3 Å². The molecule has 0 atom stereocenters. The normalized spacial score (nSPS) is 10.3. The number of carbonyl (C=O) groups is 1. The van der Waals surface area contributed by atoms with E-state index in [1.807, 2.05) is 18.4 Å². The topological polar surface area (TPSA) is 90.3 Å². The van der Waals surface area contributed by atoms with Gasteiger partial charge in [0.25, 0.3) is 5.56 Å². The van der Waals surface area contributed by atoms with Gasteiger partial charge in [0.2, 0.25) is 0 Å². The maximum absolute atomic E-state index is 11.7. The van der Waals surface area contributed by atoms with Gasteiger partial charge in [-0.3, -0.25) is 15.0 Å². The Bertz CT molecular complexity index is 627. The average molecular weight is 247 g/mol. The lowest BCUT2D eigenvalue weighted by atomic mass is 10.2. The van der Waals surface area contributed by atoms with Gasteiger partial charge in [-0.05, 0) is 19.1 Å². The predicted molar refractivity (Wildman–Crippen MR) is 64.9 cm³/mol. The van der Waals surface area contributed by atoms with E-state index in [-0.39, 0.29) is 17.9 Å². The standard InChI is InChI=1S/C12H13N3O3/c1-8-3-2-4-10(16)15(8)7-9-5-6-18-11(9)12(17)14-13/h2-6H,7,13H2,1H3,(H,14,17). The highest BCUT2D eigenvalue weighted by Crippen LogP contribution is 2.12. The molecule has 0 radical (unpaired) electrons. The monoisotopic (exact) mass is 247 g/mol. The molecule has 0 bridgehead atoms. The third-order valence-corrected chi connectivity index (χ3v) is 2.68. The van der Waals surface area contributed by atoms with Crippen LogP contribution < -0.4 is 16.8 Å². The van der Waals surface area contributed by atoms with Crippen molar-refractivity contribution in [2.75, 3.05) is 0 Å². The largest absolute Gasteiger partial charge is 0.459 e. The molecule has 0 fully saturated rings. The predicted octanol–water partition coefficient (Wildman–Crippen LogP) is 0.402. The number of nitrogens with two attached hydrogens (primary N) is 1. The van der Waals surface area contributed by atoms with Gasteiger partial charge in [-0.25, -0.2) is 5.84 Å². The summed E-state index contributed by atoms with van der Waals surface area (Å²) in [5.41, 5.74) is 3.29. The minimum absolute atomic E-state index is 0.118. The molecule has 0 aliphatic rings. The first-order valence-corrected chi connectivity index (χ1v) is 5.37. The van der Waals surface area contributed by atoms with Gasteiger partial charge in [0.1, 0.15) is 0 Å². The Morgan fingerprint density at radius 3 is 2.89 bits per heavy atom. The van der Waals surface area contributed by atoms with E-state index in [0.717, 1.165) is 5.69 Å². The van der Waals surface area contributed by atoms with Gasteiger partial charge in [-0.15, -0.1) is 0 Å². The number of nitrogen functional groups attached to an aromatic ring is 1. The molecule has 0 aliphatic carbocycles. The summed E-state index contributed by atoms with van der Waals surface area (Å²) in [5, 5.41) is 0. The second kappa shape index (κ2) is 4.89. The van der Waals surface area contributed by atoms with Gasteiger partial charge in [0.05, 0.1) is 12.8 Å². The molecule has 6 heteroatoms. The van der Waals surface area contributed by atoms with E-state index < -0.39 is 5.91 Å². The molecule has 0 aliphatic heterocycles. The number of nitrogens with one attached hydrogen (secondary N) is 1. The number of hydrogen-bond acceptors (Lipinski definition) is 4.